The zero-order chi connectivity index (χ0) is 19.5. The molecule has 7 nitrogen and oxygen atoms in total. The smallest absolute Gasteiger partial charge is 0.225 e. The molecule has 0 bridgehead atoms. The molecule has 7 heteroatoms. The molecule has 4 rings (SSSR count). The molecule has 1 saturated heterocycles. The predicted molar refractivity (Wildman–Crippen MR) is 106 cm³/mol. The van der Waals surface area contributed by atoms with Gasteiger partial charge in [-0.1, -0.05) is 17.7 Å². The van der Waals surface area contributed by atoms with Gasteiger partial charge in [-0.05, 0) is 38.3 Å². The SMILES string of the molecule is Cc1ccc(OCCC(=O)N2CCC(c3nnc4n3CCNC4)CC2)c(C)c1. The number of ether oxygens (including phenoxy) is 1. The summed E-state index contributed by atoms with van der Waals surface area (Å²) in [6, 6.07) is 6.12. The van der Waals surface area contributed by atoms with E-state index < -0.39 is 0 Å². The van der Waals surface area contributed by atoms with E-state index >= 15 is 0 Å². The lowest BCUT2D eigenvalue weighted by Gasteiger charge is -2.32. The molecule has 0 spiro atoms. The van der Waals surface area contributed by atoms with Crippen molar-refractivity contribution in [3.63, 3.8) is 0 Å². The minimum absolute atomic E-state index is 0.177. The van der Waals surface area contributed by atoms with Crippen LogP contribution in [-0.2, 0) is 17.9 Å². The van der Waals surface area contributed by atoms with Crippen molar-refractivity contribution in [1.82, 2.24) is 25.0 Å². The number of fused-ring (bicyclic) bond motifs is 1. The number of likely N-dealkylation sites (tertiary alicyclic amines) is 1. The minimum Gasteiger partial charge on any atom is -0.493 e. The van der Waals surface area contributed by atoms with Gasteiger partial charge in [-0.2, -0.15) is 0 Å². The molecular formula is C21H29N5O2. The highest BCUT2D eigenvalue weighted by Gasteiger charge is 2.28. The van der Waals surface area contributed by atoms with Gasteiger partial charge in [-0.25, -0.2) is 0 Å². The van der Waals surface area contributed by atoms with E-state index in [0.29, 0.717) is 18.9 Å². The molecule has 0 saturated carbocycles. The zero-order valence-corrected chi connectivity index (χ0v) is 16.8. The van der Waals surface area contributed by atoms with Crippen LogP contribution in [-0.4, -0.2) is 51.8 Å². The molecule has 1 N–H and O–H groups in total. The Kier molecular flexibility index (Phi) is 5.62. The molecule has 1 amide bonds. The second-order valence-corrected chi connectivity index (χ2v) is 7.83. The fraction of sp³-hybridized carbons (Fsp3) is 0.571. The van der Waals surface area contributed by atoms with Crippen molar-refractivity contribution < 1.29 is 9.53 Å². The fourth-order valence-corrected chi connectivity index (χ4v) is 4.17. The van der Waals surface area contributed by atoms with Gasteiger partial charge in [0.05, 0.1) is 19.6 Å². The number of carbonyl (C=O) groups is 1. The van der Waals surface area contributed by atoms with Crippen LogP contribution in [0.15, 0.2) is 18.2 Å². The molecule has 0 atom stereocenters. The summed E-state index contributed by atoms with van der Waals surface area (Å²) in [5.74, 6) is 3.57. The molecule has 150 valence electrons. The molecule has 0 aliphatic carbocycles. The van der Waals surface area contributed by atoms with Crippen LogP contribution in [0.1, 0.15) is 48.0 Å². The summed E-state index contributed by atoms with van der Waals surface area (Å²) in [6.45, 7) is 8.80. The molecule has 3 heterocycles. The lowest BCUT2D eigenvalue weighted by Crippen LogP contribution is -2.39. The summed E-state index contributed by atoms with van der Waals surface area (Å²) in [5.41, 5.74) is 2.33. The quantitative estimate of drug-likeness (QED) is 0.857. The average molecular weight is 383 g/mol. The van der Waals surface area contributed by atoms with E-state index in [1.54, 1.807) is 0 Å². The van der Waals surface area contributed by atoms with Crippen LogP contribution < -0.4 is 10.1 Å². The largest absolute Gasteiger partial charge is 0.493 e. The minimum atomic E-state index is 0.177. The van der Waals surface area contributed by atoms with Gasteiger partial charge in [0.25, 0.3) is 0 Å². The van der Waals surface area contributed by atoms with Crippen molar-refractivity contribution in [2.24, 2.45) is 0 Å². The molecule has 0 radical (unpaired) electrons. The Bertz CT molecular complexity index is 839. The van der Waals surface area contributed by atoms with Gasteiger partial charge in [0.2, 0.25) is 5.91 Å². The molecule has 1 aromatic heterocycles. The summed E-state index contributed by atoms with van der Waals surface area (Å²) >= 11 is 0. The first-order valence-corrected chi connectivity index (χ1v) is 10.2. The number of benzene rings is 1. The number of amides is 1. The van der Waals surface area contributed by atoms with Crippen LogP contribution in [0, 0.1) is 13.8 Å². The van der Waals surface area contributed by atoms with Crippen molar-refractivity contribution in [2.45, 2.75) is 52.1 Å². The number of nitrogens with zero attached hydrogens (tertiary/aromatic N) is 4. The first kappa shape index (κ1) is 18.9. The van der Waals surface area contributed by atoms with Crippen LogP contribution >= 0.6 is 0 Å². The van der Waals surface area contributed by atoms with Gasteiger partial charge in [-0.3, -0.25) is 4.79 Å². The normalized spacial score (nSPS) is 17.4. The number of aryl methyl sites for hydroxylation is 2. The van der Waals surface area contributed by atoms with Crippen LogP contribution in [0.3, 0.4) is 0 Å². The third-order valence-electron chi connectivity index (χ3n) is 5.77. The van der Waals surface area contributed by atoms with E-state index in [2.05, 4.69) is 33.1 Å². The molecule has 2 aromatic rings. The lowest BCUT2D eigenvalue weighted by atomic mass is 9.95. The highest BCUT2D eigenvalue weighted by Crippen LogP contribution is 2.28. The summed E-state index contributed by atoms with van der Waals surface area (Å²) in [7, 11) is 0. The Morgan fingerprint density at radius 1 is 1.21 bits per heavy atom. The van der Waals surface area contributed by atoms with Gasteiger partial charge in [0, 0.05) is 32.1 Å². The fourth-order valence-electron chi connectivity index (χ4n) is 4.17. The van der Waals surface area contributed by atoms with E-state index in [1.165, 1.54) is 5.56 Å². The summed E-state index contributed by atoms with van der Waals surface area (Å²) in [6.07, 6.45) is 2.33. The number of hydrogen-bond donors (Lipinski definition) is 1. The molecular weight excluding hydrogens is 354 g/mol. The Hall–Kier alpha value is -2.41. The molecule has 28 heavy (non-hydrogen) atoms. The lowest BCUT2D eigenvalue weighted by molar-refractivity contribution is -0.132. The number of piperidine rings is 1. The second-order valence-electron chi connectivity index (χ2n) is 7.83. The number of nitrogens with one attached hydrogen (secondary N) is 1. The van der Waals surface area contributed by atoms with Gasteiger partial charge < -0.3 is 19.5 Å². The Balaban J connectivity index is 1.25. The highest BCUT2D eigenvalue weighted by molar-refractivity contribution is 5.76. The zero-order valence-electron chi connectivity index (χ0n) is 16.8. The third kappa shape index (κ3) is 4.04. The van der Waals surface area contributed by atoms with Crippen molar-refractivity contribution in [3.8, 4) is 5.75 Å². The summed E-state index contributed by atoms with van der Waals surface area (Å²) in [5, 5.41) is 12.1. The topological polar surface area (TPSA) is 72.3 Å². The second kappa shape index (κ2) is 8.31. The number of aromatic nitrogens is 3. The number of rotatable bonds is 5. The first-order valence-electron chi connectivity index (χ1n) is 10.2. The maximum absolute atomic E-state index is 12.6. The van der Waals surface area contributed by atoms with Gasteiger partial charge >= 0.3 is 0 Å². The van der Waals surface area contributed by atoms with Crippen molar-refractivity contribution >= 4 is 5.91 Å². The van der Waals surface area contributed by atoms with Gasteiger partial charge in [0.15, 0.2) is 0 Å². The van der Waals surface area contributed by atoms with Crippen molar-refractivity contribution in [2.75, 3.05) is 26.2 Å². The Labute approximate surface area is 166 Å². The Morgan fingerprint density at radius 2 is 2.04 bits per heavy atom. The number of hydrogen-bond acceptors (Lipinski definition) is 5. The van der Waals surface area contributed by atoms with Crippen LogP contribution in [0.5, 0.6) is 5.75 Å². The van der Waals surface area contributed by atoms with E-state index in [9.17, 15) is 4.79 Å². The van der Waals surface area contributed by atoms with Crippen molar-refractivity contribution in [1.29, 1.82) is 0 Å². The van der Waals surface area contributed by atoms with E-state index in [-0.39, 0.29) is 5.91 Å². The van der Waals surface area contributed by atoms with Gasteiger partial charge in [0.1, 0.15) is 17.4 Å². The van der Waals surface area contributed by atoms with Crippen LogP contribution in [0.4, 0.5) is 0 Å². The van der Waals surface area contributed by atoms with E-state index in [4.69, 9.17) is 4.74 Å². The predicted octanol–water partition coefficient (Wildman–Crippen LogP) is 2.17. The molecule has 2 aliphatic rings. The van der Waals surface area contributed by atoms with Crippen LogP contribution in [0.2, 0.25) is 0 Å². The average Bonchev–Trinajstić information content (AvgIpc) is 3.14. The van der Waals surface area contributed by atoms with Crippen LogP contribution in [0.25, 0.3) is 0 Å². The Morgan fingerprint density at radius 3 is 2.82 bits per heavy atom. The summed E-state index contributed by atoms with van der Waals surface area (Å²) in [4.78, 5) is 14.5. The molecule has 1 fully saturated rings. The monoisotopic (exact) mass is 383 g/mol. The highest BCUT2D eigenvalue weighted by atomic mass is 16.5. The number of carbonyl (C=O) groups excluding carboxylic acids is 1. The summed E-state index contributed by atoms with van der Waals surface area (Å²) < 4.78 is 8.08. The maximum atomic E-state index is 12.6. The van der Waals surface area contributed by atoms with E-state index in [0.717, 1.165) is 68.5 Å². The maximum Gasteiger partial charge on any atom is 0.225 e. The standard InChI is InChI=1S/C21H29N5O2/c1-15-3-4-18(16(2)13-15)28-12-7-20(27)25-9-5-17(6-10-25)21-24-23-19-14-22-8-11-26(19)21/h3-4,13,17,22H,5-12,14H2,1-2H3. The molecule has 1 aromatic carbocycles. The molecule has 2 aliphatic heterocycles. The first-order chi connectivity index (χ1) is 13.6. The van der Waals surface area contributed by atoms with Gasteiger partial charge in [-0.15, -0.1) is 10.2 Å². The molecule has 0 unspecified atom stereocenters. The third-order valence-corrected chi connectivity index (χ3v) is 5.77. The van der Waals surface area contributed by atoms with E-state index in [1.807, 2.05) is 24.0 Å². The van der Waals surface area contributed by atoms with Crippen molar-refractivity contribution in [3.05, 3.63) is 41.0 Å².